The summed E-state index contributed by atoms with van der Waals surface area (Å²) >= 11 is 12.5. The Labute approximate surface area is 187 Å². The van der Waals surface area contributed by atoms with Crippen LogP contribution in [-0.4, -0.2) is 28.6 Å². The highest BCUT2D eigenvalue weighted by molar-refractivity contribution is 6.31. The predicted molar refractivity (Wildman–Crippen MR) is 120 cm³/mol. The lowest BCUT2D eigenvalue weighted by Crippen LogP contribution is -2.65. The van der Waals surface area contributed by atoms with E-state index in [1.54, 1.807) is 0 Å². The van der Waals surface area contributed by atoms with Gasteiger partial charge in [0.2, 0.25) is 0 Å². The van der Waals surface area contributed by atoms with Gasteiger partial charge in [-0.15, -0.1) is 0 Å². The van der Waals surface area contributed by atoms with E-state index in [1.807, 2.05) is 18.3 Å². The van der Waals surface area contributed by atoms with Crippen molar-refractivity contribution in [1.29, 1.82) is 0 Å². The van der Waals surface area contributed by atoms with Crippen LogP contribution < -0.4 is 10.6 Å². The number of hydrogen-bond acceptors (Lipinski definition) is 4. The summed E-state index contributed by atoms with van der Waals surface area (Å²) in [5.41, 5.74) is 4.16. The van der Waals surface area contributed by atoms with Crippen LogP contribution in [0.4, 0.5) is 5.69 Å². The van der Waals surface area contributed by atoms with E-state index in [9.17, 15) is 0 Å². The van der Waals surface area contributed by atoms with Crippen molar-refractivity contribution in [2.24, 2.45) is 5.41 Å². The Kier molecular flexibility index (Phi) is 5.50. The molecule has 1 aromatic heterocycles. The first kappa shape index (κ1) is 21.4. The lowest BCUT2D eigenvalue weighted by atomic mass is 9.55. The molecule has 0 amide bonds. The van der Waals surface area contributed by atoms with Crippen molar-refractivity contribution in [1.82, 2.24) is 10.3 Å². The van der Waals surface area contributed by atoms with Crippen molar-refractivity contribution in [2.75, 3.05) is 11.9 Å². The maximum absolute atomic E-state index is 8.36. The van der Waals surface area contributed by atoms with E-state index in [4.69, 9.17) is 33.1 Å². The van der Waals surface area contributed by atoms with Crippen LogP contribution in [0.25, 0.3) is 0 Å². The minimum Gasteiger partial charge on any atom is -0.483 e. The first-order chi connectivity index (χ1) is 14.3. The largest absolute Gasteiger partial charge is 0.483 e. The summed E-state index contributed by atoms with van der Waals surface area (Å²) < 4.78 is 0. The zero-order valence-corrected chi connectivity index (χ0v) is 18.7. The average molecular weight is 448 g/mol. The quantitative estimate of drug-likeness (QED) is 0.401. The number of halogens is 2. The number of benzene rings is 1. The van der Waals surface area contributed by atoms with Gasteiger partial charge in [0.05, 0.1) is 5.54 Å². The second-order valence-corrected chi connectivity index (χ2v) is 10.1. The van der Waals surface area contributed by atoms with Crippen LogP contribution in [0.1, 0.15) is 56.6 Å². The van der Waals surface area contributed by atoms with Gasteiger partial charge >= 0.3 is 0 Å². The van der Waals surface area contributed by atoms with Crippen molar-refractivity contribution in [3.8, 4) is 0 Å². The highest BCUT2D eigenvalue weighted by Gasteiger charge is 2.66. The van der Waals surface area contributed by atoms with Crippen LogP contribution in [0, 0.1) is 5.41 Å². The third-order valence-corrected chi connectivity index (χ3v) is 7.71. The van der Waals surface area contributed by atoms with Gasteiger partial charge in [-0.3, -0.25) is 4.79 Å². The first-order valence-corrected chi connectivity index (χ1v) is 11.1. The van der Waals surface area contributed by atoms with E-state index in [-0.39, 0.29) is 17.6 Å². The number of carbonyl (C=O) groups is 1. The molecule has 0 radical (unpaired) electrons. The number of anilines is 1. The van der Waals surface area contributed by atoms with Crippen LogP contribution in [0.15, 0.2) is 36.5 Å². The Hall–Kier alpha value is -1.82. The maximum atomic E-state index is 8.36. The van der Waals surface area contributed by atoms with E-state index in [0.717, 1.165) is 11.6 Å². The minimum absolute atomic E-state index is 0.0593. The fourth-order valence-corrected chi connectivity index (χ4v) is 6.04. The monoisotopic (exact) mass is 447 g/mol. The summed E-state index contributed by atoms with van der Waals surface area (Å²) in [4.78, 5) is 12.6. The molecule has 1 aromatic carbocycles. The highest BCUT2D eigenvalue weighted by atomic mass is 35.5. The lowest BCUT2D eigenvalue weighted by molar-refractivity contribution is -0.122. The average Bonchev–Trinajstić information content (AvgIpc) is 3.01. The number of carboxylic acid groups (broad SMARTS) is 1. The van der Waals surface area contributed by atoms with Gasteiger partial charge < -0.3 is 15.7 Å². The number of rotatable bonds is 1. The van der Waals surface area contributed by atoms with Gasteiger partial charge in [-0.2, -0.15) is 0 Å². The molecule has 2 spiro atoms. The van der Waals surface area contributed by atoms with Crippen molar-refractivity contribution in [3.63, 3.8) is 0 Å². The Morgan fingerprint density at radius 1 is 1.13 bits per heavy atom. The molecule has 3 N–H and O–H groups in total. The normalized spacial score (nSPS) is 27.4. The molecule has 30 heavy (non-hydrogen) atoms. The van der Waals surface area contributed by atoms with Crippen molar-refractivity contribution in [2.45, 2.75) is 56.5 Å². The summed E-state index contributed by atoms with van der Waals surface area (Å²) in [6, 6.07) is 10.4. The number of aromatic nitrogens is 1. The van der Waals surface area contributed by atoms with Gasteiger partial charge in [-0.1, -0.05) is 43.1 Å². The number of hydrogen-bond donors (Lipinski definition) is 3. The minimum atomic E-state index is -0.250. The van der Waals surface area contributed by atoms with Crippen LogP contribution in [0.5, 0.6) is 0 Å². The predicted octanol–water partition coefficient (Wildman–Crippen LogP) is 5.44. The summed E-state index contributed by atoms with van der Waals surface area (Å²) in [6.07, 6.45) is 6.63. The molecular formula is C23H27Cl2N3O2. The maximum Gasteiger partial charge on any atom is 0.290 e. The number of fused-ring (bicyclic) bond motifs is 3. The molecule has 1 saturated carbocycles. The van der Waals surface area contributed by atoms with Crippen molar-refractivity contribution >= 4 is 35.4 Å². The van der Waals surface area contributed by atoms with Crippen LogP contribution >= 0.6 is 23.2 Å². The molecule has 7 heteroatoms. The molecule has 0 bridgehead atoms. The molecule has 160 valence electrons. The third-order valence-electron chi connectivity index (χ3n) is 7.27. The van der Waals surface area contributed by atoms with Crippen LogP contribution in [0.2, 0.25) is 10.2 Å². The molecular weight excluding hydrogens is 421 g/mol. The molecule has 5 rings (SSSR count). The molecule has 1 aliphatic carbocycles. The molecule has 2 aliphatic heterocycles. The molecule has 3 heterocycles. The van der Waals surface area contributed by atoms with E-state index in [0.29, 0.717) is 16.5 Å². The van der Waals surface area contributed by atoms with Gasteiger partial charge in [0.25, 0.3) is 6.47 Å². The Balaban J connectivity index is 0.000000687. The smallest absolute Gasteiger partial charge is 0.290 e. The fraction of sp³-hybridized carbons (Fsp3) is 0.478. The van der Waals surface area contributed by atoms with E-state index in [1.165, 1.54) is 42.5 Å². The molecule has 1 saturated heterocycles. The summed E-state index contributed by atoms with van der Waals surface area (Å²) in [6.45, 7) is 5.48. The van der Waals surface area contributed by atoms with Crippen LogP contribution in [0.3, 0.4) is 0 Å². The molecule has 2 aromatic rings. The second kappa shape index (κ2) is 7.70. The SMILES string of the molecule is CC1(C)CCC2(CC1)NCC(c1ccnc(Cl)c1)C21Nc2cc(Cl)ccc21.O=CO. The molecule has 2 fully saturated rings. The standard InChI is InChI=1S/C22H25Cl2N3.CH2O2/c1-20(2)6-8-21(9-7-20)22(16-4-3-15(23)12-18(16)27-22)17(13-26-21)14-5-10-25-19(24)11-14;2-1-3/h3-5,10-12,17,26-27H,6-9,13H2,1-2H3;1H,(H,2,3). The van der Waals surface area contributed by atoms with Gasteiger partial charge in [0.15, 0.2) is 0 Å². The number of nitrogens with one attached hydrogen (secondary N) is 2. The van der Waals surface area contributed by atoms with Crippen molar-refractivity contribution in [3.05, 3.63) is 57.8 Å². The molecule has 3 aliphatic rings. The van der Waals surface area contributed by atoms with Crippen LogP contribution in [-0.2, 0) is 10.3 Å². The second-order valence-electron chi connectivity index (χ2n) is 9.32. The number of nitrogens with zero attached hydrogens (tertiary/aromatic N) is 1. The fourth-order valence-electron chi connectivity index (χ4n) is 5.68. The van der Waals surface area contributed by atoms with E-state index >= 15 is 0 Å². The Bertz CT molecular complexity index is 955. The van der Waals surface area contributed by atoms with Gasteiger partial charge in [-0.25, -0.2) is 4.98 Å². The highest BCUT2D eigenvalue weighted by Crippen LogP contribution is 2.63. The lowest BCUT2D eigenvalue weighted by Gasteiger charge is -2.59. The molecule has 2 unspecified atom stereocenters. The number of pyridine rings is 1. The third kappa shape index (κ3) is 3.28. The van der Waals surface area contributed by atoms with E-state index in [2.05, 4.69) is 47.7 Å². The Morgan fingerprint density at radius 3 is 2.47 bits per heavy atom. The summed E-state index contributed by atoms with van der Waals surface area (Å²) in [7, 11) is 0. The topological polar surface area (TPSA) is 74.2 Å². The van der Waals surface area contributed by atoms with Gasteiger partial charge in [0, 0.05) is 40.5 Å². The zero-order valence-electron chi connectivity index (χ0n) is 17.2. The van der Waals surface area contributed by atoms with Gasteiger partial charge in [-0.05, 0) is 60.9 Å². The molecule has 5 nitrogen and oxygen atoms in total. The van der Waals surface area contributed by atoms with E-state index < -0.39 is 0 Å². The Morgan fingerprint density at radius 2 is 1.83 bits per heavy atom. The summed E-state index contributed by atoms with van der Waals surface area (Å²) in [5.74, 6) is 0.313. The van der Waals surface area contributed by atoms with Crippen molar-refractivity contribution < 1.29 is 9.90 Å². The zero-order chi connectivity index (χ0) is 21.6. The first-order valence-electron chi connectivity index (χ1n) is 10.3. The summed E-state index contributed by atoms with van der Waals surface area (Å²) in [5, 5.41) is 16.1. The van der Waals surface area contributed by atoms with Gasteiger partial charge in [0.1, 0.15) is 5.15 Å². The molecule has 2 atom stereocenters.